The van der Waals surface area contributed by atoms with Crippen molar-refractivity contribution >= 4 is 0 Å². The van der Waals surface area contributed by atoms with Gasteiger partial charge in [-0.25, -0.2) is 0 Å². The van der Waals surface area contributed by atoms with Gasteiger partial charge < -0.3 is 5.73 Å². The Balaban J connectivity index is 3.47. The van der Waals surface area contributed by atoms with Gasteiger partial charge in [0.1, 0.15) is 0 Å². The Morgan fingerprint density at radius 1 is 1.40 bits per heavy atom. The average Bonchev–Trinajstić information content (AvgIpc) is 1.59. The van der Waals surface area contributed by atoms with E-state index >= 15 is 0 Å². The van der Waals surface area contributed by atoms with Crippen LogP contribution in [0.3, 0.4) is 0 Å². The molecule has 1 atom stereocenters. The fourth-order valence-corrected chi connectivity index (χ4v) is 1.03. The summed E-state index contributed by atoms with van der Waals surface area (Å²) in [6, 6.07) is 0.0324. The van der Waals surface area contributed by atoms with Crippen LogP contribution < -0.4 is 5.73 Å². The molecule has 1 nitrogen and oxygen atoms in total. The second kappa shape index (κ2) is 3.91. The molecular formula is C8H18FN. The first-order chi connectivity index (χ1) is 4.45. The van der Waals surface area contributed by atoms with Crippen LogP contribution in [0.1, 0.15) is 33.6 Å². The topological polar surface area (TPSA) is 26.0 Å². The molecule has 0 rings (SSSR count). The lowest BCUT2D eigenvalue weighted by molar-refractivity contribution is 0.314. The Morgan fingerprint density at radius 3 is 2.20 bits per heavy atom. The third kappa shape index (κ3) is 6.02. The van der Waals surface area contributed by atoms with Crippen molar-refractivity contribution in [2.24, 2.45) is 11.1 Å². The lowest BCUT2D eigenvalue weighted by Gasteiger charge is -2.22. The number of alkyl halides is 1. The van der Waals surface area contributed by atoms with Crippen LogP contribution in [0, 0.1) is 5.41 Å². The Morgan fingerprint density at radius 2 is 1.90 bits per heavy atom. The molecule has 0 heterocycles. The molecule has 0 saturated carbocycles. The van der Waals surface area contributed by atoms with E-state index < -0.39 is 0 Å². The van der Waals surface area contributed by atoms with E-state index in [0.29, 0.717) is 6.42 Å². The summed E-state index contributed by atoms with van der Waals surface area (Å²) in [5.41, 5.74) is 5.86. The summed E-state index contributed by atoms with van der Waals surface area (Å²) >= 11 is 0. The zero-order valence-electron chi connectivity index (χ0n) is 7.15. The molecule has 0 saturated heterocycles. The summed E-state index contributed by atoms with van der Waals surface area (Å²) in [4.78, 5) is 0. The van der Waals surface area contributed by atoms with Crippen molar-refractivity contribution in [2.45, 2.75) is 39.7 Å². The Bertz CT molecular complexity index is 85.7. The molecule has 0 aliphatic rings. The highest BCUT2D eigenvalue weighted by Gasteiger charge is 2.14. The third-order valence-corrected chi connectivity index (χ3v) is 1.35. The first-order valence-electron chi connectivity index (χ1n) is 3.77. The molecule has 2 N–H and O–H groups in total. The summed E-state index contributed by atoms with van der Waals surface area (Å²) in [5, 5.41) is 0. The van der Waals surface area contributed by atoms with E-state index in [0.717, 1.165) is 6.42 Å². The van der Waals surface area contributed by atoms with Gasteiger partial charge in [0.25, 0.3) is 0 Å². The summed E-state index contributed by atoms with van der Waals surface area (Å²) in [7, 11) is 0. The van der Waals surface area contributed by atoms with Gasteiger partial charge in [-0.2, -0.15) is 0 Å². The maximum absolute atomic E-state index is 11.7. The molecule has 2 heteroatoms. The minimum Gasteiger partial charge on any atom is -0.328 e. The van der Waals surface area contributed by atoms with Gasteiger partial charge in [0.05, 0.1) is 6.67 Å². The van der Waals surface area contributed by atoms with Crippen LogP contribution in [0.15, 0.2) is 0 Å². The lowest BCUT2D eigenvalue weighted by Crippen LogP contribution is -2.26. The molecule has 0 fully saturated rings. The summed E-state index contributed by atoms with van der Waals surface area (Å²) < 4.78 is 11.7. The fourth-order valence-electron chi connectivity index (χ4n) is 1.03. The van der Waals surface area contributed by atoms with Crippen LogP contribution in [0.5, 0.6) is 0 Å². The van der Waals surface area contributed by atoms with Crippen molar-refractivity contribution in [1.29, 1.82) is 0 Å². The molecular weight excluding hydrogens is 129 g/mol. The van der Waals surface area contributed by atoms with Crippen molar-refractivity contribution in [3.05, 3.63) is 0 Å². The highest BCUT2D eigenvalue weighted by atomic mass is 19.1. The number of hydrogen-bond acceptors (Lipinski definition) is 1. The zero-order chi connectivity index (χ0) is 8.20. The smallest absolute Gasteiger partial charge is 0.0909 e. The maximum Gasteiger partial charge on any atom is 0.0909 e. The van der Waals surface area contributed by atoms with E-state index in [2.05, 4.69) is 20.8 Å². The molecule has 10 heavy (non-hydrogen) atoms. The van der Waals surface area contributed by atoms with Gasteiger partial charge in [0.15, 0.2) is 0 Å². The predicted molar refractivity (Wildman–Crippen MR) is 42.6 cm³/mol. The van der Waals surface area contributed by atoms with Crippen LogP contribution >= 0.6 is 0 Å². The van der Waals surface area contributed by atoms with Crippen LogP contribution in [0.2, 0.25) is 0 Å². The number of nitrogens with two attached hydrogens (primary N) is 1. The van der Waals surface area contributed by atoms with Crippen LogP contribution in [0.25, 0.3) is 0 Å². The SMILES string of the molecule is CC(C)(C)C[C@@H](N)CCF. The van der Waals surface area contributed by atoms with Crippen molar-refractivity contribution in [2.75, 3.05) is 6.67 Å². The third-order valence-electron chi connectivity index (χ3n) is 1.35. The highest BCUT2D eigenvalue weighted by Crippen LogP contribution is 2.20. The highest BCUT2D eigenvalue weighted by molar-refractivity contribution is 4.70. The monoisotopic (exact) mass is 147 g/mol. The van der Waals surface area contributed by atoms with Gasteiger partial charge in [-0.15, -0.1) is 0 Å². The molecule has 0 aliphatic carbocycles. The fraction of sp³-hybridized carbons (Fsp3) is 1.00. The van der Waals surface area contributed by atoms with E-state index in [1.807, 2.05) is 0 Å². The van der Waals surface area contributed by atoms with Gasteiger partial charge in [0, 0.05) is 6.04 Å². The van der Waals surface area contributed by atoms with Crippen molar-refractivity contribution in [3.8, 4) is 0 Å². The first-order valence-corrected chi connectivity index (χ1v) is 3.77. The minimum atomic E-state index is -0.294. The van der Waals surface area contributed by atoms with Gasteiger partial charge in [-0.1, -0.05) is 20.8 Å². The normalized spacial score (nSPS) is 15.3. The molecule has 0 spiro atoms. The minimum absolute atomic E-state index is 0.0324. The second-order valence-electron chi connectivity index (χ2n) is 4.00. The number of halogens is 1. The Hall–Kier alpha value is -0.110. The van der Waals surface area contributed by atoms with Crippen molar-refractivity contribution < 1.29 is 4.39 Å². The number of rotatable bonds is 3. The van der Waals surface area contributed by atoms with E-state index in [1.54, 1.807) is 0 Å². The summed E-state index contributed by atoms with van der Waals surface area (Å²) in [5.74, 6) is 0. The van der Waals surface area contributed by atoms with Crippen LogP contribution in [0.4, 0.5) is 4.39 Å². The molecule has 0 unspecified atom stereocenters. The van der Waals surface area contributed by atoms with E-state index in [1.165, 1.54) is 0 Å². The maximum atomic E-state index is 11.7. The molecule has 0 aliphatic heterocycles. The number of hydrogen-bond donors (Lipinski definition) is 1. The Kier molecular flexibility index (Phi) is 3.87. The van der Waals surface area contributed by atoms with Crippen LogP contribution in [-0.2, 0) is 0 Å². The standard InChI is InChI=1S/C8H18FN/c1-8(2,3)6-7(10)4-5-9/h7H,4-6,10H2,1-3H3/t7-/m0/s1. The van der Waals surface area contributed by atoms with Gasteiger partial charge in [-0.05, 0) is 18.3 Å². The molecule has 0 radical (unpaired) electrons. The van der Waals surface area contributed by atoms with Gasteiger partial charge >= 0.3 is 0 Å². The van der Waals surface area contributed by atoms with Crippen molar-refractivity contribution in [1.82, 2.24) is 0 Å². The summed E-state index contributed by atoms with van der Waals surface area (Å²) in [6.07, 6.45) is 1.40. The zero-order valence-corrected chi connectivity index (χ0v) is 7.15. The Labute approximate surface area is 62.8 Å². The largest absolute Gasteiger partial charge is 0.328 e. The average molecular weight is 147 g/mol. The molecule has 0 aromatic rings. The molecule has 0 bridgehead atoms. The van der Waals surface area contributed by atoms with Gasteiger partial charge in [0.2, 0.25) is 0 Å². The van der Waals surface area contributed by atoms with E-state index in [4.69, 9.17) is 5.73 Å². The molecule has 0 amide bonds. The molecule has 62 valence electrons. The molecule has 0 aromatic carbocycles. The van der Waals surface area contributed by atoms with Gasteiger partial charge in [-0.3, -0.25) is 4.39 Å². The van der Waals surface area contributed by atoms with Crippen molar-refractivity contribution in [3.63, 3.8) is 0 Å². The summed E-state index contributed by atoms with van der Waals surface area (Å²) in [6.45, 7) is 6.05. The second-order valence-corrected chi connectivity index (χ2v) is 4.00. The van der Waals surface area contributed by atoms with E-state index in [-0.39, 0.29) is 18.1 Å². The van der Waals surface area contributed by atoms with Crippen LogP contribution in [-0.4, -0.2) is 12.7 Å². The molecule has 0 aromatic heterocycles. The first kappa shape index (κ1) is 9.89. The quantitative estimate of drug-likeness (QED) is 0.650. The lowest BCUT2D eigenvalue weighted by atomic mass is 9.87. The van der Waals surface area contributed by atoms with E-state index in [9.17, 15) is 4.39 Å². The predicted octanol–water partition coefficient (Wildman–Crippen LogP) is 2.11.